The minimum absolute atomic E-state index is 0.00694. The van der Waals surface area contributed by atoms with E-state index in [1.165, 1.54) is 19.3 Å². The fourth-order valence-electron chi connectivity index (χ4n) is 2.18. The van der Waals surface area contributed by atoms with Crippen LogP contribution >= 0.6 is 0 Å². The first-order valence-corrected chi connectivity index (χ1v) is 6.33. The summed E-state index contributed by atoms with van der Waals surface area (Å²) in [5, 5.41) is 5.77. The first kappa shape index (κ1) is 11.4. The molecule has 0 atom stereocenters. The SMILES string of the molecule is O=C(CC(=O)NC1CC1)NC1CCCCC1. The van der Waals surface area contributed by atoms with E-state index < -0.39 is 0 Å². The Labute approximate surface area is 96.2 Å². The molecule has 2 N–H and O–H groups in total. The molecule has 0 heterocycles. The van der Waals surface area contributed by atoms with Gasteiger partial charge in [0.25, 0.3) is 0 Å². The van der Waals surface area contributed by atoms with Gasteiger partial charge in [-0.05, 0) is 25.7 Å². The highest BCUT2D eigenvalue weighted by Gasteiger charge is 2.24. The molecule has 0 bridgehead atoms. The lowest BCUT2D eigenvalue weighted by Gasteiger charge is -2.22. The molecule has 2 amide bonds. The van der Waals surface area contributed by atoms with Crippen molar-refractivity contribution >= 4 is 11.8 Å². The third kappa shape index (κ3) is 3.83. The van der Waals surface area contributed by atoms with Crippen molar-refractivity contribution in [2.24, 2.45) is 0 Å². The molecule has 4 nitrogen and oxygen atoms in total. The Morgan fingerprint density at radius 1 is 0.812 bits per heavy atom. The molecule has 2 aliphatic rings. The Morgan fingerprint density at radius 3 is 1.81 bits per heavy atom. The van der Waals surface area contributed by atoms with Crippen molar-refractivity contribution in [1.29, 1.82) is 0 Å². The number of hydrogen-bond acceptors (Lipinski definition) is 2. The van der Waals surface area contributed by atoms with Crippen LogP contribution in [0.15, 0.2) is 0 Å². The van der Waals surface area contributed by atoms with Crippen LogP contribution in [-0.2, 0) is 9.59 Å². The predicted octanol–water partition coefficient (Wildman–Crippen LogP) is 1.10. The average Bonchev–Trinajstić information content (AvgIpc) is 3.02. The standard InChI is InChI=1S/C12H20N2O2/c15-11(8-12(16)14-10-6-7-10)13-9-4-2-1-3-5-9/h9-10H,1-8H2,(H,13,15)(H,14,16). The van der Waals surface area contributed by atoms with Crippen molar-refractivity contribution in [3.8, 4) is 0 Å². The van der Waals surface area contributed by atoms with Gasteiger partial charge in [-0.1, -0.05) is 19.3 Å². The molecular formula is C12H20N2O2. The lowest BCUT2D eigenvalue weighted by atomic mass is 9.95. The van der Waals surface area contributed by atoms with Gasteiger partial charge in [0, 0.05) is 12.1 Å². The highest BCUT2D eigenvalue weighted by Crippen LogP contribution is 2.19. The van der Waals surface area contributed by atoms with Crippen LogP contribution < -0.4 is 10.6 Å². The van der Waals surface area contributed by atoms with Crippen LogP contribution in [0.2, 0.25) is 0 Å². The Balaban J connectivity index is 1.64. The van der Waals surface area contributed by atoms with E-state index in [-0.39, 0.29) is 18.2 Å². The van der Waals surface area contributed by atoms with Crippen LogP contribution in [0, 0.1) is 0 Å². The summed E-state index contributed by atoms with van der Waals surface area (Å²) < 4.78 is 0. The number of carbonyl (C=O) groups is 2. The van der Waals surface area contributed by atoms with Gasteiger partial charge < -0.3 is 10.6 Å². The Bertz CT molecular complexity index is 268. The molecule has 0 unspecified atom stereocenters. The van der Waals surface area contributed by atoms with Gasteiger partial charge in [0.2, 0.25) is 11.8 Å². The number of hydrogen-bond donors (Lipinski definition) is 2. The molecule has 0 radical (unpaired) electrons. The summed E-state index contributed by atoms with van der Waals surface area (Å²) in [5.41, 5.74) is 0. The number of nitrogens with one attached hydrogen (secondary N) is 2. The summed E-state index contributed by atoms with van der Waals surface area (Å²) in [4.78, 5) is 22.9. The maximum absolute atomic E-state index is 11.6. The number of amides is 2. The summed E-state index contributed by atoms with van der Waals surface area (Å²) in [6.07, 6.45) is 7.91. The van der Waals surface area contributed by atoms with Gasteiger partial charge in [0.1, 0.15) is 6.42 Å². The fraction of sp³-hybridized carbons (Fsp3) is 0.833. The molecule has 90 valence electrons. The minimum Gasteiger partial charge on any atom is -0.353 e. The fourth-order valence-corrected chi connectivity index (χ4v) is 2.18. The third-order valence-electron chi connectivity index (χ3n) is 3.23. The second kappa shape index (κ2) is 5.32. The quantitative estimate of drug-likeness (QED) is 0.703. The van der Waals surface area contributed by atoms with Gasteiger partial charge in [-0.15, -0.1) is 0 Å². The van der Waals surface area contributed by atoms with Gasteiger partial charge in [-0.25, -0.2) is 0 Å². The van der Waals surface area contributed by atoms with Crippen LogP contribution in [0.5, 0.6) is 0 Å². The molecule has 0 saturated heterocycles. The molecule has 16 heavy (non-hydrogen) atoms. The second-order valence-corrected chi connectivity index (χ2v) is 4.92. The zero-order chi connectivity index (χ0) is 11.4. The van der Waals surface area contributed by atoms with E-state index >= 15 is 0 Å². The molecule has 2 rings (SSSR count). The molecule has 0 aliphatic heterocycles. The molecule has 0 aromatic rings. The maximum Gasteiger partial charge on any atom is 0.229 e. The Hall–Kier alpha value is -1.06. The van der Waals surface area contributed by atoms with Gasteiger partial charge in [0.15, 0.2) is 0 Å². The topological polar surface area (TPSA) is 58.2 Å². The highest BCUT2D eigenvalue weighted by molar-refractivity contribution is 5.97. The van der Waals surface area contributed by atoms with Crippen LogP contribution in [0.1, 0.15) is 51.4 Å². The van der Waals surface area contributed by atoms with Crippen molar-refractivity contribution < 1.29 is 9.59 Å². The summed E-state index contributed by atoms with van der Waals surface area (Å²) in [7, 11) is 0. The van der Waals surface area contributed by atoms with E-state index in [2.05, 4.69) is 10.6 Å². The van der Waals surface area contributed by atoms with Crippen molar-refractivity contribution in [2.75, 3.05) is 0 Å². The zero-order valence-electron chi connectivity index (χ0n) is 9.63. The van der Waals surface area contributed by atoms with Crippen LogP contribution in [0.3, 0.4) is 0 Å². The van der Waals surface area contributed by atoms with E-state index in [4.69, 9.17) is 0 Å². The summed E-state index contributed by atoms with van der Waals surface area (Å²) in [6, 6.07) is 0.643. The first-order valence-electron chi connectivity index (χ1n) is 6.33. The molecule has 0 spiro atoms. The zero-order valence-corrected chi connectivity index (χ0v) is 9.63. The third-order valence-corrected chi connectivity index (χ3v) is 3.23. The lowest BCUT2D eigenvalue weighted by Crippen LogP contribution is -2.39. The average molecular weight is 224 g/mol. The van der Waals surface area contributed by atoms with E-state index in [1.54, 1.807) is 0 Å². The number of rotatable bonds is 4. The maximum atomic E-state index is 11.6. The molecular weight excluding hydrogens is 204 g/mol. The van der Waals surface area contributed by atoms with Crippen molar-refractivity contribution in [2.45, 2.75) is 63.5 Å². The molecule has 4 heteroatoms. The van der Waals surface area contributed by atoms with Gasteiger partial charge >= 0.3 is 0 Å². The Kier molecular flexibility index (Phi) is 3.80. The van der Waals surface area contributed by atoms with Crippen LogP contribution in [0.4, 0.5) is 0 Å². The van der Waals surface area contributed by atoms with E-state index in [0.29, 0.717) is 12.1 Å². The molecule has 2 fully saturated rings. The van der Waals surface area contributed by atoms with Crippen molar-refractivity contribution in [1.82, 2.24) is 10.6 Å². The van der Waals surface area contributed by atoms with Crippen LogP contribution in [-0.4, -0.2) is 23.9 Å². The second-order valence-electron chi connectivity index (χ2n) is 4.92. The summed E-state index contributed by atoms with van der Waals surface area (Å²) in [5.74, 6) is -0.249. The first-order chi connectivity index (χ1) is 7.74. The smallest absolute Gasteiger partial charge is 0.229 e. The highest BCUT2D eigenvalue weighted by atomic mass is 16.2. The summed E-state index contributed by atoms with van der Waals surface area (Å²) in [6.45, 7) is 0. The monoisotopic (exact) mass is 224 g/mol. The van der Waals surface area contributed by atoms with E-state index in [0.717, 1.165) is 25.7 Å². The lowest BCUT2D eigenvalue weighted by molar-refractivity contribution is -0.129. The van der Waals surface area contributed by atoms with Gasteiger partial charge in [-0.2, -0.15) is 0 Å². The molecule has 0 aromatic carbocycles. The summed E-state index contributed by atoms with van der Waals surface area (Å²) >= 11 is 0. The van der Waals surface area contributed by atoms with Crippen molar-refractivity contribution in [3.63, 3.8) is 0 Å². The van der Waals surface area contributed by atoms with Gasteiger partial charge in [-0.3, -0.25) is 9.59 Å². The minimum atomic E-state index is -0.129. The van der Waals surface area contributed by atoms with E-state index in [1.807, 2.05) is 0 Å². The molecule has 2 saturated carbocycles. The Morgan fingerprint density at radius 2 is 1.31 bits per heavy atom. The normalized spacial score (nSPS) is 21.5. The van der Waals surface area contributed by atoms with Gasteiger partial charge in [0.05, 0.1) is 0 Å². The van der Waals surface area contributed by atoms with E-state index in [9.17, 15) is 9.59 Å². The van der Waals surface area contributed by atoms with Crippen molar-refractivity contribution in [3.05, 3.63) is 0 Å². The number of carbonyl (C=O) groups excluding carboxylic acids is 2. The van der Waals surface area contributed by atoms with Crippen LogP contribution in [0.25, 0.3) is 0 Å². The molecule has 2 aliphatic carbocycles. The molecule has 0 aromatic heterocycles. The predicted molar refractivity (Wildman–Crippen MR) is 60.8 cm³/mol. The largest absolute Gasteiger partial charge is 0.353 e.